The standard InChI is InChI=1S/C24H22N4O6S/c1-14-9-15(2)26-24(25-14)35-12-22(30)32-11-21(29)28-18-6-4-3-5-17(18)23(31)27-16-7-8-19-20(10-16)34-13-33-19/h3-10H,11-13H2,1-2H3,(H,27,31)(H,28,29). The molecule has 11 heteroatoms. The van der Waals surface area contributed by atoms with E-state index in [2.05, 4.69) is 20.6 Å². The molecule has 2 heterocycles. The van der Waals surface area contributed by atoms with Crippen LogP contribution in [-0.4, -0.2) is 46.9 Å². The highest BCUT2D eigenvalue weighted by atomic mass is 32.2. The summed E-state index contributed by atoms with van der Waals surface area (Å²) < 4.78 is 15.6. The molecule has 0 radical (unpaired) electrons. The Kier molecular flexibility index (Phi) is 7.46. The van der Waals surface area contributed by atoms with Gasteiger partial charge in [0.2, 0.25) is 6.79 Å². The van der Waals surface area contributed by atoms with Gasteiger partial charge in [0, 0.05) is 23.1 Å². The van der Waals surface area contributed by atoms with E-state index in [0.717, 1.165) is 23.1 Å². The Morgan fingerprint density at radius 1 is 0.971 bits per heavy atom. The second kappa shape index (κ2) is 10.9. The van der Waals surface area contributed by atoms with Gasteiger partial charge >= 0.3 is 5.97 Å². The van der Waals surface area contributed by atoms with E-state index in [4.69, 9.17) is 14.2 Å². The van der Waals surface area contributed by atoms with Gasteiger partial charge in [-0.05, 0) is 44.2 Å². The molecule has 0 spiro atoms. The van der Waals surface area contributed by atoms with Crippen LogP contribution in [0.25, 0.3) is 0 Å². The molecule has 0 fully saturated rings. The Morgan fingerprint density at radius 3 is 2.51 bits per heavy atom. The van der Waals surface area contributed by atoms with Crippen molar-refractivity contribution in [3.05, 3.63) is 65.5 Å². The van der Waals surface area contributed by atoms with Gasteiger partial charge in [0.15, 0.2) is 23.3 Å². The first-order valence-corrected chi connectivity index (χ1v) is 11.6. The fraction of sp³-hybridized carbons (Fsp3) is 0.208. The van der Waals surface area contributed by atoms with Crippen LogP contribution in [0.2, 0.25) is 0 Å². The van der Waals surface area contributed by atoms with E-state index < -0.39 is 24.4 Å². The van der Waals surface area contributed by atoms with Crippen molar-refractivity contribution in [1.29, 1.82) is 0 Å². The SMILES string of the molecule is Cc1cc(C)nc(SCC(=O)OCC(=O)Nc2ccccc2C(=O)Nc2ccc3c(c2)OCO3)n1. The van der Waals surface area contributed by atoms with Gasteiger partial charge in [0.25, 0.3) is 11.8 Å². The Hall–Kier alpha value is -4.12. The Bertz CT molecular complexity index is 1260. The summed E-state index contributed by atoms with van der Waals surface area (Å²) in [6.07, 6.45) is 0. The molecule has 10 nitrogen and oxygen atoms in total. The number of benzene rings is 2. The lowest BCUT2D eigenvalue weighted by molar-refractivity contribution is -0.144. The van der Waals surface area contributed by atoms with Crippen molar-refractivity contribution in [1.82, 2.24) is 9.97 Å². The number of carbonyl (C=O) groups excluding carboxylic acids is 3. The number of ether oxygens (including phenoxy) is 3. The number of hydrogen-bond acceptors (Lipinski definition) is 9. The van der Waals surface area contributed by atoms with Crippen molar-refractivity contribution in [2.45, 2.75) is 19.0 Å². The summed E-state index contributed by atoms with van der Waals surface area (Å²) in [4.78, 5) is 45.7. The minimum Gasteiger partial charge on any atom is -0.455 e. The van der Waals surface area contributed by atoms with Crippen LogP contribution in [0.1, 0.15) is 21.7 Å². The number of thioether (sulfide) groups is 1. The molecule has 4 rings (SSSR count). The maximum Gasteiger partial charge on any atom is 0.316 e. The van der Waals surface area contributed by atoms with E-state index >= 15 is 0 Å². The first kappa shape index (κ1) is 24.0. The van der Waals surface area contributed by atoms with Crippen molar-refractivity contribution in [3.63, 3.8) is 0 Å². The van der Waals surface area contributed by atoms with E-state index in [0.29, 0.717) is 22.3 Å². The fourth-order valence-corrected chi connectivity index (χ4v) is 3.97. The van der Waals surface area contributed by atoms with Crippen molar-refractivity contribution in [3.8, 4) is 11.5 Å². The summed E-state index contributed by atoms with van der Waals surface area (Å²) in [6, 6.07) is 13.4. The molecule has 0 saturated heterocycles. The maximum atomic E-state index is 12.8. The van der Waals surface area contributed by atoms with Crippen molar-refractivity contribution < 1.29 is 28.6 Å². The second-order valence-corrected chi connectivity index (χ2v) is 8.44. The number of hydrogen-bond donors (Lipinski definition) is 2. The monoisotopic (exact) mass is 494 g/mol. The summed E-state index contributed by atoms with van der Waals surface area (Å²) in [5, 5.41) is 5.84. The summed E-state index contributed by atoms with van der Waals surface area (Å²) >= 11 is 1.13. The lowest BCUT2D eigenvalue weighted by Crippen LogP contribution is -2.23. The quantitative estimate of drug-likeness (QED) is 0.275. The molecular weight excluding hydrogens is 472 g/mol. The number of fused-ring (bicyclic) bond motifs is 1. The highest BCUT2D eigenvalue weighted by Crippen LogP contribution is 2.34. The molecule has 3 aromatic rings. The molecule has 1 aliphatic rings. The molecule has 0 unspecified atom stereocenters. The van der Waals surface area contributed by atoms with Gasteiger partial charge in [0.05, 0.1) is 17.0 Å². The number of aromatic nitrogens is 2. The number of esters is 1. The van der Waals surface area contributed by atoms with Crippen LogP contribution in [0.3, 0.4) is 0 Å². The molecule has 1 aliphatic heterocycles. The molecule has 2 aromatic carbocycles. The van der Waals surface area contributed by atoms with E-state index in [1.54, 1.807) is 42.5 Å². The zero-order valence-corrected chi connectivity index (χ0v) is 19.8. The normalized spacial score (nSPS) is 11.6. The molecular formula is C24H22N4O6S. The molecule has 0 atom stereocenters. The number of aryl methyl sites for hydroxylation is 2. The van der Waals surface area contributed by atoms with Crippen LogP contribution in [0.15, 0.2) is 53.7 Å². The lowest BCUT2D eigenvalue weighted by atomic mass is 10.1. The average molecular weight is 495 g/mol. The third kappa shape index (κ3) is 6.48. The first-order chi connectivity index (χ1) is 16.9. The van der Waals surface area contributed by atoms with E-state index in [1.807, 2.05) is 19.9 Å². The van der Waals surface area contributed by atoms with E-state index in [-0.39, 0.29) is 23.8 Å². The number of carbonyl (C=O) groups is 3. The zero-order chi connectivity index (χ0) is 24.8. The van der Waals surface area contributed by atoms with Crippen molar-refractivity contribution in [2.75, 3.05) is 29.8 Å². The van der Waals surface area contributed by atoms with Crippen molar-refractivity contribution in [2.24, 2.45) is 0 Å². The van der Waals surface area contributed by atoms with Gasteiger partial charge < -0.3 is 24.8 Å². The van der Waals surface area contributed by atoms with Gasteiger partial charge in [-0.15, -0.1) is 0 Å². The van der Waals surface area contributed by atoms with Gasteiger partial charge in [-0.1, -0.05) is 23.9 Å². The Morgan fingerprint density at radius 2 is 1.71 bits per heavy atom. The van der Waals surface area contributed by atoms with Gasteiger partial charge in [-0.3, -0.25) is 14.4 Å². The molecule has 0 saturated carbocycles. The topological polar surface area (TPSA) is 129 Å². The van der Waals surface area contributed by atoms with Crippen LogP contribution < -0.4 is 20.1 Å². The third-order valence-electron chi connectivity index (χ3n) is 4.72. The molecule has 180 valence electrons. The maximum absolute atomic E-state index is 12.8. The third-order valence-corrected chi connectivity index (χ3v) is 5.54. The van der Waals surface area contributed by atoms with Crippen LogP contribution in [-0.2, 0) is 14.3 Å². The number of rotatable bonds is 8. The predicted molar refractivity (Wildman–Crippen MR) is 129 cm³/mol. The average Bonchev–Trinajstić information content (AvgIpc) is 3.29. The van der Waals surface area contributed by atoms with Gasteiger partial charge in [-0.25, -0.2) is 9.97 Å². The summed E-state index contributed by atoms with van der Waals surface area (Å²) in [5.41, 5.74) is 2.64. The number of para-hydroxylation sites is 1. The molecule has 0 bridgehead atoms. The molecule has 2 amide bonds. The Labute approximate surface area is 205 Å². The summed E-state index contributed by atoms with van der Waals surface area (Å²) in [5.74, 6) is -0.485. The van der Waals surface area contributed by atoms with Crippen LogP contribution in [0.4, 0.5) is 11.4 Å². The fourth-order valence-electron chi connectivity index (χ4n) is 3.22. The number of nitrogens with one attached hydrogen (secondary N) is 2. The van der Waals surface area contributed by atoms with Crippen LogP contribution >= 0.6 is 11.8 Å². The summed E-state index contributed by atoms with van der Waals surface area (Å²) in [6.45, 7) is 3.32. The van der Waals surface area contributed by atoms with Crippen molar-refractivity contribution >= 4 is 40.9 Å². The van der Waals surface area contributed by atoms with E-state index in [1.165, 1.54) is 0 Å². The number of amides is 2. The smallest absolute Gasteiger partial charge is 0.316 e. The zero-order valence-electron chi connectivity index (χ0n) is 19.0. The molecule has 2 N–H and O–H groups in total. The van der Waals surface area contributed by atoms with E-state index in [9.17, 15) is 14.4 Å². The first-order valence-electron chi connectivity index (χ1n) is 10.6. The molecule has 1 aromatic heterocycles. The largest absolute Gasteiger partial charge is 0.455 e. The minimum absolute atomic E-state index is 0.0370. The lowest BCUT2D eigenvalue weighted by Gasteiger charge is -2.12. The number of anilines is 2. The predicted octanol–water partition coefficient (Wildman–Crippen LogP) is 3.35. The van der Waals surface area contributed by atoms with Crippen LogP contribution in [0, 0.1) is 13.8 Å². The Balaban J connectivity index is 1.30. The van der Waals surface area contributed by atoms with Crippen LogP contribution in [0.5, 0.6) is 11.5 Å². The second-order valence-electron chi connectivity index (χ2n) is 7.50. The highest BCUT2D eigenvalue weighted by molar-refractivity contribution is 7.99. The summed E-state index contributed by atoms with van der Waals surface area (Å²) in [7, 11) is 0. The number of nitrogens with zero attached hydrogens (tertiary/aromatic N) is 2. The van der Waals surface area contributed by atoms with Gasteiger partial charge in [-0.2, -0.15) is 0 Å². The molecule has 35 heavy (non-hydrogen) atoms. The minimum atomic E-state index is -0.582. The van der Waals surface area contributed by atoms with Gasteiger partial charge in [0.1, 0.15) is 0 Å². The highest BCUT2D eigenvalue weighted by Gasteiger charge is 2.17. The molecule has 0 aliphatic carbocycles.